The quantitative estimate of drug-likeness (QED) is 0.448. The fourth-order valence-electron chi connectivity index (χ4n) is 5.11. The molecule has 0 bridgehead atoms. The lowest BCUT2D eigenvalue weighted by Crippen LogP contribution is -2.46. The van der Waals surface area contributed by atoms with E-state index in [-0.39, 0.29) is 22.4 Å². The number of rotatable bonds is 9. The van der Waals surface area contributed by atoms with Gasteiger partial charge in [-0.3, -0.25) is 14.6 Å². The molecule has 2 fully saturated rings. The molecular weight excluding hydrogens is 398 g/mol. The number of carbonyl (C=O) groups excluding carboxylic acids is 1. The monoisotopic (exact) mass is 433 g/mol. The number of amides is 1. The molecule has 5 nitrogen and oxygen atoms in total. The minimum absolute atomic E-state index is 0.0322. The van der Waals surface area contributed by atoms with Crippen LogP contribution in [0, 0.1) is 5.92 Å². The standard InChI is InChI=1S/C27H35N3O2/c31-25-24(13-7-18-29-25)26(32)30-20-15-27(16-21-30,23-11-2-1-3-12-23)14-19-28-17-5-4-8-22-9-6-10-22/h1-3,7,11-13,17-18,22H,4-6,8-10,14-16,19-21H2,(H,29,31). The number of H-pyrrole nitrogens is 1. The van der Waals surface area contributed by atoms with Crippen molar-refractivity contribution in [2.75, 3.05) is 19.6 Å². The molecule has 0 unspecified atom stereocenters. The van der Waals surface area contributed by atoms with Gasteiger partial charge < -0.3 is 9.88 Å². The van der Waals surface area contributed by atoms with Crippen molar-refractivity contribution in [3.8, 4) is 0 Å². The maximum atomic E-state index is 12.9. The number of nitrogens with one attached hydrogen (secondary N) is 1. The Hall–Kier alpha value is -2.69. The largest absolute Gasteiger partial charge is 0.338 e. The van der Waals surface area contributed by atoms with E-state index in [2.05, 4.69) is 41.5 Å². The highest BCUT2D eigenvalue weighted by Gasteiger charge is 2.37. The minimum Gasteiger partial charge on any atom is -0.338 e. The Bertz CT molecular complexity index is 954. The van der Waals surface area contributed by atoms with Gasteiger partial charge in [0.05, 0.1) is 0 Å². The number of benzene rings is 1. The summed E-state index contributed by atoms with van der Waals surface area (Å²) < 4.78 is 0. The lowest BCUT2D eigenvalue weighted by Gasteiger charge is -2.42. The first-order chi connectivity index (χ1) is 15.7. The zero-order chi connectivity index (χ0) is 22.2. The predicted molar refractivity (Wildman–Crippen MR) is 129 cm³/mol. The van der Waals surface area contributed by atoms with E-state index in [1.807, 2.05) is 4.90 Å². The van der Waals surface area contributed by atoms with Gasteiger partial charge in [-0.15, -0.1) is 0 Å². The summed E-state index contributed by atoms with van der Waals surface area (Å²) in [4.78, 5) is 34.1. The van der Waals surface area contributed by atoms with E-state index in [4.69, 9.17) is 4.99 Å². The van der Waals surface area contributed by atoms with Crippen LogP contribution < -0.4 is 5.56 Å². The van der Waals surface area contributed by atoms with Crippen molar-refractivity contribution < 1.29 is 4.79 Å². The Labute approximate surface area is 191 Å². The van der Waals surface area contributed by atoms with Crippen LogP contribution in [-0.4, -0.2) is 41.6 Å². The second-order valence-electron chi connectivity index (χ2n) is 9.42. The average Bonchev–Trinajstić information content (AvgIpc) is 2.80. The maximum Gasteiger partial charge on any atom is 0.260 e. The SMILES string of the molecule is O=C(c1ccc[nH]c1=O)N1CCC(CCN=CCCCC2CCC2)(c2ccccc2)CC1. The van der Waals surface area contributed by atoms with E-state index >= 15 is 0 Å². The van der Waals surface area contributed by atoms with Crippen LogP contribution in [0.4, 0.5) is 0 Å². The van der Waals surface area contributed by atoms with Crippen LogP contribution in [0.15, 0.2) is 58.4 Å². The molecule has 0 atom stereocenters. The zero-order valence-corrected chi connectivity index (χ0v) is 19.0. The van der Waals surface area contributed by atoms with Gasteiger partial charge in [0.15, 0.2) is 0 Å². The summed E-state index contributed by atoms with van der Waals surface area (Å²) in [5.41, 5.74) is 1.28. The van der Waals surface area contributed by atoms with Gasteiger partial charge in [0.2, 0.25) is 0 Å². The van der Waals surface area contributed by atoms with Crippen molar-refractivity contribution in [2.45, 2.75) is 63.2 Å². The van der Waals surface area contributed by atoms with Gasteiger partial charge >= 0.3 is 0 Å². The molecule has 1 N–H and O–H groups in total. The average molecular weight is 434 g/mol. The molecule has 1 aliphatic heterocycles. The van der Waals surface area contributed by atoms with Gasteiger partial charge in [-0.05, 0) is 61.9 Å². The third kappa shape index (κ3) is 5.37. The lowest BCUT2D eigenvalue weighted by molar-refractivity contribution is 0.0659. The summed E-state index contributed by atoms with van der Waals surface area (Å²) in [5.74, 6) is 0.808. The molecule has 1 amide bonds. The van der Waals surface area contributed by atoms with E-state index in [9.17, 15) is 9.59 Å². The second-order valence-corrected chi connectivity index (χ2v) is 9.42. The third-order valence-corrected chi connectivity index (χ3v) is 7.46. The zero-order valence-electron chi connectivity index (χ0n) is 19.0. The predicted octanol–water partition coefficient (Wildman–Crippen LogP) is 4.98. The molecule has 170 valence electrons. The number of piperidine rings is 1. The minimum atomic E-state index is -0.316. The van der Waals surface area contributed by atoms with Gasteiger partial charge in [-0.1, -0.05) is 56.0 Å². The third-order valence-electron chi connectivity index (χ3n) is 7.46. The number of carbonyl (C=O) groups is 1. The number of hydrogen-bond donors (Lipinski definition) is 1. The van der Waals surface area contributed by atoms with Crippen LogP contribution in [0.1, 0.15) is 73.7 Å². The summed E-state index contributed by atoms with van der Waals surface area (Å²) in [7, 11) is 0. The van der Waals surface area contributed by atoms with Crippen molar-refractivity contribution in [1.82, 2.24) is 9.88 Å². The number of aromatic amines is 1. The Kier molecular flexibility index (Phi) is 7.56. The lowest BCUT2D eigenvalue weighted by atomic mass is 9.70. The van der Waals surface area contributed by atoms with Crippen LogP contribution in [-0.2, 0) is 5.41 Å². The fraction of sp³-hybridized carbons (Fsp3) is 0.519. The number of unbranched alkanes of at least 4 members (excludes halogenated alkanes) is 1. The number of pyridine rings is 1. The summed E-state index contributed by atoms with van der Waals surface area (Å²) in [6, 6.07) is 14.0. The molecule has 5 heteroatoms. The summed E-state index contributed by atoms with van der Waals surface area (Å²) in [5, 5.41) is 0. The topological polar surface area (TPSA) is 65.5 Å². The first-order valence-corrected chi connectivity index (χ1v) is 12.2. The second kappa shape index (κ2) is 10.8. The summed E-state index contributed by atoms with van der Waals surface area (Å²) in [6.07, 6.45) is 14.4. The van der Waals surface area contributed by atoms with Gasteiger partial charge in [0, 0.05) is 31.2 Å². The Morgan fingerprint density at radius 1 is 1.12 bits per heavy atom. The Morgan fingerprint density at radius 2 is 1.91 bits per heavy atom. The molecule has 2 aliphatic rings. The first kappa shape index (κ1) is 22.5. The van der Waals surface area contributed by atoms with E-state index in [1.54, 1.807) is 18.3 Å². The highest BCUT2D eigenvalue weighted by molar-refractivity contribution is 5.93. The van der Waals surface area contributed by atoms with Crippen molar-refractivity contribution >= 4 is 12.1 Å². The number of aliphatic imine (C=N–C) groups is 1. The Balaban J connectivity index is 1.35. The molecule has 0 spiro atoms. The first-order valence-electron chi connectivity index (χ1n) is 12.2. The van der Waals surface area contributed by atoms with Crippen LogP contribution >= 0.6 is 0 Å². The van der Waals surface area contributed by atoms with Crippen LogP contribution in [0.5, 0.6) is 0 Å². The van der Waals surface area contributed by atoms with Gasteiger partial charge in [0.1, 0.15) is 5.56 Å². The van der Waals surface area contributed by atoms with Crippen LogP contribution in [0.3, 0.4) is 0 Å². The molecular formula is C27H35N3O2. The fourth-order valence-corrected chi connectivity index (χ4v) is 5.11. The highest BCUT2D eigenvalue weighted by Crippen LogP contribution is 2.39. The van der Waals surface area contributed by atoms with Crippen molar-refractivity contribution in [1.29, 1.82) is 0 Å². The molecule has 1 aromatic carbocycles. The molecule has 1 aliphatic carbocycles. The number of hydrogen-bond acceptors (Lipinski definition) is 3. The highest BCUT2D eigenvalue weighted by atomic mass is 16.2. The van der Waals surface area contributed by atoms with Crippen LogP contribution in [0.25, 0.3) is 0 Å². The van der Waals surface area contributed by atoms with Crippen molar-refractivity contribution in [2.24, 2.45) is 10.9 Å². The number of nitrogens with zero attached hydrogens (tertiary/aromatic N) is 2. The van der Waals surface area contributed by atoms with E-state index < -0.39 is 0 Å². The Morgan fingerprint density at radius 3 is 2.59 bits per heavy atom. The van der Waals surface area contributed by atoms with Gasteiger partial charge in [0.25, 0.3) is 11.5 Å². The van der Waals surface area contributed by atoms with Crippen LogP contribution in [0.2, 0.25) is 0 Å². The van der Waals surface area contributed by atoms with Crippen molar-refractivity contribution in [3.63, 3.8) is 0 Å². The molecule has 2 heterocycles. The normalized spacial score (nSPS) is 18.6. The maximum absolute atomic E-state index is 12.9. The molecule has 0 radical (unpaired) electrons. The smallest absolute Gasteiger partial charge is 0.260 e. The number of likely N-dealkylation sites (tertiary alicyclic amines) is 1. The van der Waals surface area contributed by atoms with E-state index in [0.717, 1.165) is 38.1 Å². The molecule has 1 saturated carbocycles. The molecule has 4 rings (SSSR count). The summed E-state index contributed by atoms with van der Waals surface area (Å²) >= 11 is 0. The molecule has 2 aromatic rings. The summed E-state index contributed by atoms with van der Waals surface area (Å²) in [6.45, 7) is 2.14. The van der Waals surface area contributed by atoms with Crippen molar-refractivity contribution in [3.05, 3.63) is 70.1 Å². The number of aromatic nitrogens is 1. The van der Waals surface area contributed by atoms with Gasteiger partial charge in [-0.2, -0.15) is 0 Å². The molecule has 1 aromatic heterocycles. The molecule has 1 saturated heterocycles. The van der Waals surface area contributed by atoms with Gasteiger partial charge in [-0.25, -0.2) is 0 Å². The van der Waals surface area contributed by atoms with E-state index in [1.165, 1.54) is 37.7 Å². The van der Waals surface area contributed by atoms with E-state index in [0.29, 0.717) is 13.1 Å². The molecule has 32 heavy (non-hydrogen) atoms.